The Kier molecular flexibility index (Phi) is 2.91. The number of nitrogens with two attached hydrogens (primary N) is 1. The van der Waals surface area contributed by atoms with Crippen LogP contribution in [0.15, 0.2) is 33.9 Å². The van der Waals surface area contributed by atoms with Crippen LogP contribution in [-0.2, 0) is 4.79 Å². The predicted octanol–water partition coefficient (Wildman–Crippen LogP) is 1.80. The Morgan fingerprint density at radius 1 is 1.47 bits per heavy atom. The summed E-state index contributed by atoms with van der Waals surface area (Å²) in [4.78, 5) is 14.8. The number of carbonyl (C=O) groups is 1. The molecule has 0 aliphatic heterocycles. The zero-order valence-corrected chi connectivity index (χ0v) is 8.79. The summed E-state index contributed by atoms with van der Waals surface area (Å²) in [7, 11) is 0. The molecule has 0 saturated carbocycles. The second-order valence-corrected chi connectivity index (χ2v) is 4.06. The fourth-order valence-corrected chi connectivity index (χ4v) is 1.94. The average molecular weight is 222 g/mol. The van der Waals surface area contributed by atoms with E-state index in [2.05, 4.69) is 4.98 Å². The molecule has 1 aromatic carbocycles. The third kappa shape index (κ3) is 2.50. The Labute approximate surface area is 90.8 Å². The Morgan fingerprint density at radius 3 is 3.00 bits per heavy atom. The Morgan fingerprint density at radius 2 is 2.27 bits per heavy atom. The van der Waals surface area contributed by atoms with E-state index in [4.69, 9.17) is 10.2 Å². The second kappa shape index (κ2) is 4.35. The Balaban J connectivity index is 2.05. The van der Waals surface area contributed by atoms with Crippen molar-refractivity contribution in [3.63, 3.8) is 0 Å². The Hall–Kier alpha value is -1.49. The molecule has 1 amide bonds. The lowest BCUT2D eigenvalue weighted by atomic mass is 10.3. The third-order valence-corrected chi connectivity index (χ3v) is 2.68. The van der Waals surface area contributed by atoms with Gasteiger partial charge in [-0.25, -0.2) is 4.98 Å². The van der Waals surface area contributed by atoms with Gasteiger partial charge >= 0.3 is 0 Å². The minimum Gasteiger partial charge on any atom is -0.431 e. The summed E-state index contributed by atoms with van der Waals surface area (Å²) in [6.07, 6.45) is 0.337. The van der Waals surface area contributed by atoms with Gasteiger partial charge in [-0.2, -0.15) is 0 Å². The van der Waals surface area contributed by atoms with E-state index in [1.165, 1.54) is 11.8 Å². The lowest BCUT2D eigenvalue weighted by Gasteiger charge is -1.91. The molecule has 1 aromatic heterocycles. The fourth-order valence-electron chi connectivity index (χ4n) is 1.15. The normalized spacial score (nSPS) is 10.7. The van der Waals surface area contributed by atoms with Crippen LogP contribution in [0.1, 0.15) is 6.42 Å². The smallest absolute Gasteiger partial charge is 0.256 e. The molecule has 0 aliphatic carbocycles. The van der Waals surface area contributed by atoms with Crippen molar-refractivity contribution < 1.29 is 9.21 Å². The number of oxazole rings is 1. The van der Waals surface area contributed by atoms with Gasteiger partial charge in [0.1, 0.15) is 5.52 Å². The van der Waals surface area contributed by atoms with E-state index in [0.717, 1.165) is 11.1 Å². The van der Waals surface area contributed by atoms with Crippen molar-refractivity contribution in [3.8, 4) is 0 Å². The quantitative estimate of drug-likeness (QED) is 0.801. The lowest BCUT2D eigenvalue weighted by molar-refractivity contribution is -0.117. The van der Waals surface area contributed by atoms with Crippen molar-refractivity contribution in [1.29, 1.82) is 0 Å². The number of nitrogens with zero attached hydrogens (tertiary/aromatic N) is 1. The molecule has 2 N–H and O–H groups in total. The average Bonchev–Trinajstić information content (AvgIpc) is 2.59. The van der Waals surface area contributed by atoms with Crippen LogP contribution >= 0.6 is 11.8 Å². The molecule has 0 saturated heterocycles. The number of amides is 1. The molecule has 4 nitrogen and oxygen atoms in total. The first kappa shape index (κ1) is 10.0. The molecule has 5 heteroatoms. The predicted molar refractivity (Wildman–Crippen MR) is 58.5 cm³/mol. The van der Waals surface area contributed by atoms with Gasteiger partial charge in [0, 0.05) is 12.2 Å². The maximum Gasteiger partial charge on any atom is 0.256 e. The summed E-state index contributed by atoms with van der Waals surface area (Å²) >= 11 is 1.40. The molecule has 15 heavy (non-hydrogen) atoms. The molecule has 0 fully saturated rings. The van der Waals surface area contributed by atoms with Gasteiger partial charge in [0.2, 0.25) is 5.91 Å². The van der Waals surface area contributed by atoms with Crippen molar-refractivity contribution in [2.45, 2.75) is 11.6 Å². The summed E-state index contributed by atoms with van der Waals surface area (Å²) in [5.74, 6) is 0.293. The van der Waals surface area contributed by atoms with E-state index in [1.807, 2.05) is 24.3 Å². The van der Waals surface area contributed by atoms with Gasteiger partial charge in [0.05, 0.1) is 0 Å². The van der Waals surface area contributed by atoms with E-state index in [1.54, 1.807) is 0 Å². The van der Waals surface area contributed by atoms with E-state index in [-0.39, 0.29) is 5.91 Å². The van der Waals surface area contributed by atoms with Gasteiger partial charge in [-0.15, -0.1) is 0 Å². The van der Waals surface area contributed by atoms with Gasteiger partial charge < -0.3 is 10.2 Å². The van der Waals surface area contributed by atoms with E-state index >= 15 is 0 Å². The number of benzene rings is 1. The highest BCUT2D eigenvalue weighted by atomic mass is 32.2. The number of rotatable bonds is 4. The fraction of sp³-hybridized carbons (Fsp3) is 0.200. The zero-order chi connectivity index (χ0) is 10.7. The molecule has 2 rings (SSSR count). The number of para-hydroxylation sites is 2. The third-order valence-electron chi connectivity index (χ3n) is 1.85. The van der Waals surface area contributed by atoms with Gasteiger partial charge in [0.25, 0.3) is 5.22 Å². The standard InChI is InChI=1S/C10H10N2O2S/c11-9(13)5-6-15-10-12-7-3-1-2-4-8(7)14-10/h1-4H,5-6H2,(H2,11,13). The minimum atomic E-state index is -0.307. The van der Waals surface area contributed by atoms with Gasteiger partial charge in [-0.3, -0.25) is 4.79 Å². The van der Waals surface area contributed by atoms with Crippen LogP contribution in [-0.4, -0.2) is 16.6 Å². The molecule has 0 unspecified atom stereocenters. The number of aromatic nitrogens is 1. The second-order valence-electron chi connectivity index (χ2n) is 3.01. The largest absolute Gasteiger partial charge is 0.431 e. The first-order chi connectivity index (χ1) is 7.25. The number of fused-ring (bicyclic) bond motifs is 1. The molecule has 0 bridgehead atoms. The lowest BCUT2D eigenvalue weighted by Crippen LogP contribution is -2.10. The van der Waals surface area contributed by atoms with Crippen LogP contribution in [0, 0.1) is 0 Å². The minimum absolute atomic E-state index is 0.307. The summed E-state index contributed by atoms with van der Waals surface area (Å²) in [6.45, 7) is 0. The molecular formula is C10H10N2O2S. The maximum absolute atomic E-state index is 10.5. The van der Waals surface area contributed by atoms with Gasteiger partial charge in [0.15, 0.2) is 5.58 Å². The first-order valence-corrected chi connectivity index (χ1v) is 5.51. The Bertz CT molecular complexity index is 448. The van der Waals surface area contributed by atoms with E-state index in [0.29, 0.717) is 17.4 Å². The molecule has 0 radical (unpaired) electrons. The zero-order valence-electron chi connectivity index (χ0n) is 7.97. The molecule has 0 spiro atoms. The molecule has 1 heterocycles. The van der Waals surface area contributed by atoms with E-state index < -0.39 is 0 Å². The topological polar surface area (TPSA) is 69.1 Å². The van der Waals surface area contributed by atoms with Crippen molar-refractivity contribution in [2.24, 2.45) is 5.73 Å². The number of thioether (sulfide) groups is 1. The number of carbonyl (C=O) groups excluding carboxylic acids is 1. The van der Waals surface area contributed by atoms with Crippen molar-refractivity contribution in [3.05, 3.63) is 24.3 Å². The summed E-state index contributed by atoms with van der Waals surface area (Å²) in [5, 5.41) is 0.581. The monoisotopic (exact) mass is 222 g/mol. The van der Waals surface area contributed by atoms with Crippen molar-refractivity contribution >= 4 is 28.8 Å². The van der Waals surface area contributed by atoms with Gasteiger partial charge in [-0.1, -0.05) is 23.9 Å². The number of hydrogen-bond acceptors (Lipinski definition) is 4. The van der Waals surface area contributed by atoms with Crippen molar-refractivity contribution in [2.75, 3.05) is 5.75 Å². The first-order valence-electron chi connectivity index (χ1n) is 4.52. The molecule has 78 valence electrons. The van der Waals surface area contributed by atoms with Crippen LogP contribution in [0.25, 0.3) is 11.1 Å². The highest BCUT2D eigenvalue weighted by molar-refractivity contribution is 7.99. The SMILES string of the molecule is NC(=O)CCSc1nc2ccccc2o1. The molecule has 0 aliphatic rings. The van der Waals surface area contributed by atoms with Crippen LogP contribution in [0.5, 0.6) is 0 Å². The summed E-state index contributed by atoms with van der Waals surface area (Å²) in [6, 6.07) is 7.55. The number of primary amides is 1. The van der Waals surface area contributed by atoms with Crippen LogP contribution in [0.3, 0.4) is 0 Å². The summed E-state index contributed by atoms with van der Waals surface area (Å²) < 4.78 is 5.45. The molecular weight excluding hydrogens is 212 g/mol. The van der Waals surface area contributed by atoms with Crippen LogP contribution < -0.4 is 5.73 Å². The highest BCUT2D eigenvalue weighted by Gasteiger charge is 2.05. The van der Waals surface area contributed by atoms with Crippen molar-refractivity contribution in [1.82, 2.24) is 4.98 Å². The highest BCUT2D eigenvalue weighted by Crippen LogP contribution is 2.23. The van der Waals surface area contributed by atoms with Gasteiger partial charge in [-0.05, 0) is 12.1 Å². The van der Waals surface area contributed by atoms with Crippen LogP contribution in [0.4, 0.5) is 0 Å². The molecule has 0 atom stereocenters. The number of hydrogen-bond donors (Lipinski definition) is 1. The molecule has 2 aromatic rings. The van der Waals surface area contributed by atoms with E-state index in [9.17, 15) is 4.79 Å². The maximum atomic E-state index is 10.5. The summed E-state index contributed by atoms with van der Waals surface area (Å²) in [5.41, 5.74) is 6.62. The van der Waals surface area contributed by atoms with Crippen LogP contribution in [0.2, 0.25) is 0 Å².